The van der Waals surface area contributed by atoms with Gasteiger partial charge in [-0.1, -0.05) is 12.1 Å². The quantitative estimate of drug-likeness (QED) is 0.803. The highest BCUT2D eigenvalue weighted by atomic mass is 32.2. The predicted molar refractivity (Wildman–Crippen MR) is 77.0 cm³/mol. The fourth-order valence-corrected chi connectivity index (χ4v) is 3.81. The van der Waals surface area contributed by atoms with E-state index in [1.807, 2.05) is 0 Å². The first-order valence-electron chi connectivity index (χ1n) is 6.36. The van der Waals surface area contributed by atoms with Gasteiger partial charge in [0.15, 0.2) is 9.84 Å². The molecule has 1 fully saturated rings. The molecule has 2 N–H and O–H groups in total. The molecule has 114 valence electrons. The number of amides is 2. The third kappa shape index (κ3) is 3.94. The smallest absolute Gasteiger partial charge is 0.339 e. The van der Waals surface area contributed by atoms with Crippen LogP contribution in [0.1, 0.15) is 16.8 Å². The number of benzene rings is 1. The summed E-state index contributed by atoms with van der Waals surface area (Å²) in [5, 5.41) is 5.12. The van der Waals surface area contributed by atoms with Gasteiger partial charge in [-0.15, -0.1) is 0 Å². The molecule has 1 aliphatic rings. The first-order chi connectivity index (χ1) is 9.91. The minimum atomic E-state index is -3.06. The lowest BCUT2D eigenvalue weighted by molar-refractivity contribution is 0.0602. The average Bonchev–Trinajstić information content (AvgIpc) is 2.77. The van der Waals surface area contributed by atoms with E-state index in [0.29, 0.717) is 12.1 Å². The Morgan fingerprint density at radius 3 is 2.62 bits per heavy atom. The van der Waals surface area contributed by atoms with Gasteiger partial charge in [0.2, 0.25) is 0 Å². The zero-order valence-corrected chi connectivity index (χ0v) is 12.3. The molecule has 0 aliphatic carbocycles. The molecule has 2 rings (SSSR count). The highest BCUT2D eigenvalue weighted by molar-refractivity contribution is 7.91. The van der Waals surface area contributed by atoms with E-state index in [9.17, 15) is 18.0 Å². The number of methoxy groups -OCH3 is 1. The third-order valence-corrected chi connectivity index (χ3v) is 4.92. The summed E-state index contributed by atoms with van der Waals surface area (Å²) < 4.78 is 27.3. The van der Waals surface area contributed by atoms with Gasteiger partial charge >= 0.3 is 12.0 Å². The van der Waals surface area contributed by atoms with E-state index in [1.165, 1.54) is 13.2 Å². The standard InChI is InChI=1S/C13H16N2O5S/c1-20-12(16)10-4-2-3-5-11(10)15-13(17)14-9-6-7-21(18,19)8-9/h2-5,9H,6-8H2,1H3,(H2,14,15,17)/t9-/m1/s1. The topological polar surface area (TPSA) is 102 Å². The van der Waals surface area contributed by atoms with Crippen LogP contribution in [0.15, 0.2) is 24.3 Å². The van der Waals surface area contributed by atoms with E-state index in [1.54, 1.807) is 18.2 Å². The van der Waals surface area contributed by atoms with Crippen molar-refractivity contribution in [2.75, 3.05) is 23.9 Å². The molecule has 2 amide bonds. The van der Waals surface area contributed by atoms with Crippen molar-refractivity contribution in [3.05, 3.63) is 29.8 Å². The Morgan fingerprint density at radius 1 is 1.29 bits per heavy atom. The number of anilines is 1. The molecule has 0 aromatic heterocycles. The van der Waals surface area contributed by atoms with Crippen LogP contribution in [-0.2, 0) is 14.6 Å². The van der Waals surface area contributed by atoms with Crippen molar-refractivity contribution in [2.45, 2.75) is 12.5 Å². The van der Waals surface area contributed by atoms with Gasteiger partial charge in [-0.2, -0.15) is 0 Å². The van der Waals surface area contributed by atoms with Gasteiger partial charge in [-0.3, -0.25) is 0 Å². The Balaban J connectivity index is 2.02. The number of carbonyl (C=O) groups excluding carboxylic acids is 2. The normalized spacial score (nSPS) is 19.8. The molecule has 1 saturated heterocycles. The van der Waals surface area contributed by atoms with Gasteiger partial charge in [-0.25, -0.2) is 18.0 Å². The average molecular weight is 312 g/mol. The second-order valence-corrected chi connectivity index (χ2v) is 6.96. The Kier molecular flexibility index (Phi) is 4.46. The zero-order valence-electron chi connectivity index (χ0n) is 11.5. The van der Waals surface area contributed by atoms with E-state index in [2.05, 4.69) is 15.4 Å². The molecule has 0 saturated carbocycles. The molecule has 0 radical (unpaired) electrons. The molecule has 21 heavy (non-hydrogen) atoms. The van der Waals surface area contributed by atoms with Crippen molar-refractivity contribution in [2.24, 2.45) is 0 Å². The van der Waals surface area contributed by atoms with Gasteiger partial charge < -0.3 is 15.4 Å². The summed E-state index contributed by atoms with van der Waals surface area (Å²) >= 11 is 0. The van der Waals surface area contributed by atoms with Gasteiger partial charge in [0.25, 0.3) is 0 Å². The first kappa shape index (κ1) is 15.3. The van der Waals surface area contributed by atoms with Crippen molar-refractivity contribution >= 4 is 27.5 Å². The monoisotopic (exact) mass is 312 g/mol. The molecule has 0 spiro atoms. The largest absolute Gasteiger partial charge is 0.465 e. The minimum absolute atomic E-state index is 0.0565. The van der Waals surface area contributed by atoms with E-state index < -0.39 is 27.9 Å². The summed E-state index contributed by atoms with van der Waals surface area (Å²) in [6, 6.07) is 5.47. The van der Waals surface area contributed by atoms with Crippen LogP contribution in [0.2, 0.25) is 0 Å². The number of esters is 1. The van der Waals surface area contributed by atoms with Crippen LogP contribution in [0.5, 0.6) is 0 Å². The van der Waals surface area contributed by atoms with Crippen LogP contribution in [0, 0.1) is 0 Å². The van der Waals surface area contributed by atoms with Crippen molar-refractivity contribution in [3.8, 4) is 0 Å². The molecule has 1 aromatic carbocycles. The van der Waals surface area contributed by atoms with Crippen molar-refractivity contribution in [3.63, 3.8) is 0 Å². The Labute approximate surface area is 122 Å². The number of rotatable bonds is 3. The Morgan fingerprint density at radius 2 is 2.00 bits per heavy atom. The lowest BCUT2D eigenvalue weighted by Crippen LogP contribution is -2.38. The maximum atomic E-state index is 11.9. The second kappa shape index (κ2) is 6.13. The van der Waals surface area contributed by atoms with Crippen molar-refractivity contribution in [1.29, 1.82) is 0 Å². The highest BCUT2D eigenvalue weighted by Crippen LogP contribution is 2.16. The predicted octanol–water partition coefficient (Wildman–Crippen LogP) is 0.782. The first-order valence-corrected chi connectivity index (χ1v) is 8.19. The molecule has 1 aliphatic heterocycles. The molecule has 0 unspecified atom stereocenters. The van der Waals surface area contributed by atoms with E-state index in [0.717, 1.165) is 0 Å². The van der Waals surface area contributed by atoms with Crippen LogP contribution in [0.3, 0.4) is 0 Å². The minimum Gasteiger partial charge on any atom is -0.465 e. The lowest BCUT2D eigenvalue weighted by atomic mass is 10.2. The fraction of sp³-hybridized carbons (Fsp3) is 0.385. The molecule has 8 heteroatoms. The summed E-state index contributed by atoms with van der Waals surface area (Å²) in [6.07, 6.45) is 0.397. The summed E-state index contributed by atoms with van der Waals surface area (Å²) in [7, 11) is -1.80. The molecule has 1 atom stereocenters. The summed E-state index contributed by atoms with van der Waals surface area (Å²) in [5.74, 6) is -0.537. The number of carbonyl (C=O) groups is 2. The third-order valence-electron chi connectivity index (χ3n) is 3.15. The number of hydrogen-bond acceptors (Lipinski definition) is 5. The molecule has 1 heterocycles. The highest BCUT2D eigenvalue weighted by Gasteiger charge is 2.29. The maximum Gasteiger partial charge on any atom is 0.339 e. The molecular formula is C13H16N2O5S. The number of para-hydroxylation sites is 1. The number of hydrogen-bond donors (Lipinski definition) is 2. The molecular weight excluding hydrogens is 296 g/mol. The van der Waals surface area contributed by atoms with Crippen LogP contribution in [0.4, 0.5) is 10.5 Å². The van der Waals surface area contributed by atoms with Crippen LogP contribution in [-0.4, -0.2) is 45.1 Å². The number of ether oxygens (including phenoxy) is 1. The SMILES string of the molecule is COC(=O)c1ccccc1NC(=O)N[C@@H]1CCS(=O)(=O)C1. The summed E-state index contributed by atoms with van der Waals surface area (Å²) in [6.45, 7) is 0. The van der Waals surface area contributed by atoms with Gasteiger partial charge in [0, 0.05) is 6.04 Å². The van der Waals surface area contributed by atoms with E-state index in [-0.39, 0.29) is 17.1 Å². The van der Waals surface area contributed by atoms with Crippen LogP contribution < -0.4 is 10.6 Å². The Hall–Kier alpha value is -2.09. The second-order valence-electron chi connectivity index (χ2n) is 4.74. The number of nitrogens with one attached hydrogen (secondary N) is 2. The number of sulfone groups is 1. The van der Waals surface area contributed by atoms with Gasteiger partial charge in [-0.05, 0) is 18.6 Å². The maximum absolute atomic E-state index is 11.9. The van der Waals surface area contributed by atoms with Crippen LogP contribution in [0.25, 0.3) is 0 Å². The van der Waals surface area contributed by atoms with Gasteiger partial charge in [0.05, 0.1) is 29.9 Å². The summed E-state index contributed by atoms with van der Waals surface area (Å²) in [5.41, 5.74) is 0.539. The molecule has 0 bridgehead atoms. The van der Waals surface area contributed by atoms with E-state index >= 15 is 0 Å². The number of urea groups is 1. The fourth-order valence-electron chi connectivity index (χ4n) is 2.13. The molecule has 7 nitrogen and oxygen atoms in total. The summed E-state index contributed by atoms with van der Waals surface area (Å²) in [4.78, 5) is 23.4. The molecule has 1 aromatic rings. The zero-order chi connectivity index (χ0) is 15.5. The Bertz CT molecular complexity index is 656. The lowest BCUT2D eigenvalue weighted by Gasteiger charge is -2.13. The van der Waals surface area contributed by atoms with Gasteiger partial charge in [0.1, 0.15) is 0 Å². The van der Waals surface area contributed by atoms with Crippen molar-refractivity contribution in [1.82, 2.24) is 5.32 Å². The van der Waals surface area contributed by atoms with Crippen molar-refractivity contribution < 1.29 is 22.7 Å². The van der Waals surface area contributed by atoms with E-state index in [4.69, 9.17) is 0 Å². The van der Waals surface area contributed by atoms with Crippen LogP contribution >= 0.6 is 0 Å².